The lowest BCUT2D eigenvalue weighted by Crippen LogP contribution is -2.32. The maximum atomic E-state index is 12.6. The number of rotatable bonds is 4. The average Bonchev–Trinajstić information content (AvgIpc) is 3.13. The smallest absolute Gasteiger partial charge is 0.387 e. The van der Waals surface area contributed by atoms with Crippen molar-refractivity contribution in [3.8, 4) is 5.75 Å². The molecule has 2 atom stereocenters. The fraction of sp³-hybridized carbons (Fsp3) is 0.312. The zero-order valence-corrected chi connectivity index (χ0v) is 13.0. The van der Waals surface area contributed by atoms with Gasteiger partial charge in [0.05, 0.1) is 0 Å². The number of nitrogens with two attached hydrogens (primary N) is 1. The normalized spacial score (nSPS) is 21.0. The number of carbonyl (C=O) groups excluding carboxylic acids is 1. The van der Waals surface area contributed by atoms with Crippen LogP contribution in [0.1, 0.15) is 21.2 Å². The molecule has 0 aliphatic carbocycles. The number of halogens is 2. The number of likely N-dealkylation sites (tertiary alicyclic amines) is 1. The van der Waals surface area contributed by atoms with Crippen LogP contribution in [0.2, 0.25) is 0 Å². The standard InChI is InChI=1S/C16H16F2N2O2S/c17-16(18)22-13-6-7-23-14(13)15(21)20-8-11(12(19)9-20)10-4-2-1-3-5-10/h1-7,11-12,16H,8-9,19H2/t11-,12+/m0/s1. The summed E-state index contributed by atoms with van der Waals surface area (Å²) < 4.78 is 29.2. The molecule has 2 aromatic rings. The number of nitrogens with zero attached hydrogens (tertiary/aromatic N) is 1. The second-order valence-corrected chi connectivity index (χ2v) is 6.30. The van der Waals surface area contributed by atoms with Gasteiger partial charge in [0.2, 0.25) is 0 Å². The van der Waals surface area contributed by atoms with Crippen molar-refractivity contribution in [3.63, 3.8) is 0 Å². The molecular formula is C16H16F2N2O2S. The summed E-state index contributed by atoms with van der Waals surface area (Å²) >= 11 is 1.09. The van der Waals surface area contributed by atoms with Crippen molar-refractivity contribution < 1.29 is 18.3 Å². The summed E-state index contributed by atoms with van der Waals surface area (Å²) in [5, 5.41) is 1.57. The molecule has 1 aliphatic rings. The van der Waals surface area contributed by atoms with Crippen LogP contribution in [-0.4, -0.2) is 36.5 Å². The predicted molar refractivity (Wildman–Crippen MR) is 84.0 cm³/mol. The van der Waals surface area contributed by atoms with E-state index in [1.807, 2.05) is 30.3 Å². The Balaban J connectivity index is 1.76. The van der Waals surface area contributed by atoms with Gasteiger partial charge in [-0.3, -0.25) is 4.79 Å². The van der Waals surface area contributed by atoms with E-state index in [1.54, 1.807) is 10.3 Å². The summed E-state index contributed by atoms with van der Waals surface area (Å²) in [7, 11) is 0. The van der Waals surface area contributed by atoms with Crippen LogP contribution in [0.15, 0.2) is 41.8 Å². The molecule has 0 spiro atoms. The van der Waals surface area contributed by atoms with Gasteiger partial charge in [-0.1, -0.05) is 30.3 Å². The summed E-state index contributed by atoms with van der Waals surface area (Å²) in [6.07, 6.45) is 0. The molecule has 1 aliphatic heterocycles. The maximum Gasteiger partial charge on any atom is 0.387 e. The first-order valence-corrected chi connectivity index (χ1v) is 8.06. The molecule has 122 valence electrons. The monoisotopic (exact) mass is 338 g/mol. The SMILES string of the molecule is N[C@@H]1CN(C(=O)c2sccc2OC(F)F)C[C@H]1c1ccccc1. The van der Waals surface area contributed by atoms with Crippen molar-refractivity contribution in [2.45, 2.75) is 18.6 Å². The van der Waals surface area contributed by atoms with Gasteiger partial charge in [-0.2, -0.15) is 8.78 Å². The van der Waals surface area contributed by atoms with Gasteiger partial charge in [0.25, 0.3) is 5.91 Å². The number of hydrogen-bond donors (Lipinski definition) is 1. The third kappa shape index (κ3) is 3.35. The van der Waals surface area contributed by atoms with E-state index >= 15 is 0 Å². The first-order chi connectivity index (χ1) is 11.1. The Morgan fingerprint density at radius 1 is 1.26 bits per heavy atom. The van der Waals surface area contributed by atoms with E-state index < -0.39 is 6.61 Å². The molecule has 0 unspecified atom stereocenters. The highest BCUT2D eigenvalue weighted by atomic mass is 32.1. The van der Waals surface area contributed by atoms with Crippen LogP contribution in [-0.2, 0) is 0 Å². The van der Waals surface area contributed by atoms with Crippen LogP contribution in [0.4, 0.5) is 8.78 Å². The van der Waals surface area contributed by atoms with E-state index in [9.17, 15) is 13.6 Å². The van der Waals surface area contributed by atoms with Gasteiger partial charge in [-0.05, 0) is 17.0 Å². The molecule has 0 saturated carbocycles. The number of ether oxygens (including phenoxy) is 1. The Labute approximate surface area is 136 Å². The molecule has 1 saturated heterocycles. The highest BCUT2D eigenvalue weighted by Crippen LogP contribution is 2.32. The fourth-order valence-corrected chi connectivity index (χ4v) is 3.62. The zero-order valence-electron chi connectivity index (χ0n) is 12.2. The molecule has 1 fully saturated rings. The second-order valence-electron chi connectivity index (χ2n) is 5.38. The maximum absolute atomic E-state index is 12.6. The molecule has 4 nitrogen and oxygen atoms in total. The van der Waals surface area contributed by atoms with Crippen LogP contribution < -0.4 is 10.5 Å². The van der Waals surface area contributed by atoms with Gasteiger partial charge < -0.3 is 15.4 Å². The number of alkyl halides is 2. The zero-order chi connectivity index (χ0) is 16.4. The molecule has 2 heterocycles. The second kappa shape index (κ2) is 6.64. The van der Waals surface area contributed by atoms with Crippen LogP contribution in [0.25, 0.3) is 0 Å². The summed E-state index contributed by atoms with van der Waals surface area (Å²) in [5.74, 6) is -0.351. The van der Waals surface area contributed by atoms with Gasteiger partial charge >= 0.3 is 6.61 Å². The Hall–Kier alpha value is -1.99. The van der Waals surface area contributed by atoms with Gasteiger partial charge in [0, 0.05) is 25.0 Å². The topological polar surface area (TPSA) is 55.6 Å². The first kappa shape index (κ1) is 15.9. The molecule has 1 amide bonds. The lowest BCUT2D eigenvalue weighted by molar-refractivity contribution is -0.0499. The highest BCUT2D eigenvalue weighted by molar-refractivity contribution is 7.12. The third-order valence-electron chi connectivity index (χ3n) is 3.92. The van der Waals surface area contributed by atoms with E-state index in [2.05, 4.69) is 4.74 Å². The Kier molecular flexibility index (Phi) is 4.58. The van der Waals surface area contributed by atoms with E-state index in [0.29, 0.717) is 13.1 Å². The van der Waals surface area contributed by atoms with Crippen molar-refractivity contribution in [2.75, 3.05) is 13.1 Å². The summed E-state index contributed by atoms with van der Waals surface area (Å²) in [6.45, 7) is -2.09. The van der Waals surface area contributed by atoms with Gasteiger partial charge in [-0.25, -0.2) is 0 Å². The number of hydrogen-bond acceptors (Lipinski definition) is 4. The Morgan fingerprint density at radius 2 is 2.00 bits per heavy atom. The molecule has 2 N–H and O–H groups in total. The van der Waals surface area contributed by atoms with E-state index in [0.717, 1.165) is 16.9 Å². The van der Waals surface area contributed by atoms with E-state index in [-0.39, 0.29) is 28.5 Å². The minimum atomic E-state index is -2.95. The lowest BCUT2D eigenvalue weighted by atomic mass is 9.95. The molecule has 0 radical (unpaired) electrons. The fourth-order valence-electron chi connectivity index (χ4n) is 2.83. The number of amides is 1. The van der Waals surface area contributed by atoms with Crippen molar-refractivity contribution in [1.29, 1.82) is 0 Å². The molecule has 1 aromatic heterocycles. The van der Waals surface area contributed by atoms with Crippen LogP contribution >= 0.6 is 11.3 Å². The quantitative estimate of drug-likeness (QED) is 0.933. The van der Waals surface area contributed by atoms with Gasteiger partial charge in [-0.15, -0.1) is 11.3 Å². The third-order valence-corrected chi connectivity index (χ3v) is 4.80. The van der Waals surface area contributed by atoms with Crippen molar-refractivity contribution >= 4 is 17.2 Å². The van der Waals surface area contributed by atoms with E-state index in [1.165, 1.54) is 6.07 Å². The number of benzene rings is 1. The average molecular weight is 338 g/mol. The van der Waals surface area contributed by atoms with Crippen molar-refractivity contribution in [1.82, 2.24) is 4.90 Å². The van der Waals surface area contributed by atoms with Gasteiger partial charge in [0.15, 0.2) is 0 Å². The summed E-state index contributed by atoms with van der Waals surface area (Å²) in [4.78, 5) is 14.4. The predicted octanol–water partition coefficient (Wildman–Crippen LogP) is 2.92. The van der Waals surface area contributed by atoms with E-state index in [4.69, 9.17) is 5.73 Å². The largest absolute Gasteiger partial charge is 0.433 e. The molecule has 23 heavy (non-hydrogen) atoms. The minimum absolute atomic E-state index is 0.0413. The molecule has 1 aromatic carbocycles. The Morgan fingerprint density at radius 3 is 2.70 bits per heavy atom. The molecule has 0 bridgehead atoms. The van der Waals surface area contributed by atoms with Crippen molar-refractivity contribution in [3.05, 3.63) is 52.2 Å². The van der Waals surface area contributed by atoms with Crippen molar-refractivity contribution in [2.24, 2.45) is 5.73 Å². The number of thiophene rings is 1. The molecule has 7 heteroatoms. The van der Waals surface area contributed by atoms with Crippen LogP contribution in [0.3, 0.4) is 0 Å². The van der Waals surface area contributed by atoms with Gasteiger partial charge in [0.1, 0.15) is 10.6 Å². The van der Waals surface area contributed by atoms with Crippen LogP contribution in [0.5, 0.6) is 5.75 Å². The lowest BCUT2D eigenvalue weighted by Gasteiger charge is -2.16. The molecule has 3 rings (SSSR count). The summed E-state index contributed by atoms with van der Waals surface area (Å²) in [5.41, 5.74) is 7.24. The summed E-state index contributed by atoms with van der Waals surface area (Å²) in [6, 6.07) is 11.0. The first-order valence-electron chi connectivity index (χ1n) is 7.18. The molecular weight excluding hydrogens is 322 g/mol. The highest BCUT2D eigenvalue weighted by Gasteiger charge is 2.35. The number of carbonyl (C=O) groups is 1. The van der Waals surface area contributed by atoms with Crippen LogP contribution in [0, 0.1) is 0 Å². The minimum Gasteiger partial charge on any atom is -0.433 e. The Bertz CT molecular complexity index is 678.